The maximum atomic E-state index is 17.2. The number of carbonyl (C=O) groups excluding carboxylic acids is 3. The molecule has 0 aliphatic heterocycles. The van der Waals surface area contributed by atoms with E-state index < -0.39 is 28.1 Å². The van der Waals surface area contributed by atoms with E-state index in [4.69, 9.17) is 16.3 Å². The van der Waals surface area contributed by atoms with E-state index in [0.717, 1.165) is 5.57 Å². The van der Waals surface area contributed by atoms with Crippen molar-refractivity contribution in [2.24, 2.45) is 34.5 Å². The van der Waals surface area contributed by atoms with E-state index in [-0.39, 0.29) is 60.6 Å². The van der Waals surface area contributed by atoms with Crippen LogP contribution in [0.2, 0.25) is 0 Å². The summed E-state index contributed by atoms with van der Waals surface area (Å²) >= 11 is 6.04. The van der Waals surface area contributed by atoms with E-state index in [1.807, 2.05) is 27.7 Å². The highest BCUT2D eigenvalue weighted by atomic mass is 35.5. The molecule has 0 aromatic rings. The number of carbonyl (C=O) groups is 3. The number of esters is 1. The Labute approximate surface area is 199 Å². The molecule has 0 radical (unpaired) electrons. The second-order valence-corrected chi connectivity index (χ2v) is 11.3. The number of aliphatic hydroxyl groups excluding tert-OH is 1. The maximum Gasteiger partial charge on any atom is 0.309 e. The van der Waals surface area contributed by atoms with Crippen molar-refractivity contribution in [1.29, 1.82) is 0 Å². The molecule has 0 bridgehead atoms. The molecule has 7 heteroatoms. The minimum Gasteiger partial charge on any atom is -0.450 e. The first kappa shape index (κ1) is 24.6. The largest absolute Gasteiger partial charge is 0.450 e. The molecule has 4 rings (SSSR count). The summed E-state index contributed by atoms with van der Waals surface area (Å²) in [5.41, 5.74) is -3.81. The SMILES string of the molecule is C[C@H]1C[C@H]2[C@@H]3C[C@H](C)[C@](OC(=O)CCO)(C(=O)CCl)[C@@]3(C)CC[C@]2(F)[C@@]2(C)C=CC(=O)C=C12. The van der Waals surface area contributed by atoms with Crippen LogP contribution in [0.3, 0.4) is 0 Å². The number of alkyl halides is 2. The first-order valence-electron chi connectivity index (χ1n) is 12.0. The number of allylic oxidation sites excluding steroid dienone is 4. The fourth-order valence-corrected chi connectivity index (χ4v) is 8.29. The molecule has 3 fully saturated rings. The van der Waals surface area contributed by atoms with Crippen molar-refractivity contribution in [3.8, 4) is 0 Å². The molecule has 4 aliphatic rings. The first-order chi connectivity index (χ1) is 15.4. The van der Waals surface area contributed by atoms with Gasteiger partial charge in [0.15, 0.2) is 17.2 Å². The highest BCUT2D eigenvalue weighted by Gasteiger charge is 2.75. The molecule has 3 saturated carbocycles. The molecule has 0 aromatic carbocycles. The van der Waals surface area contributed by atoms with Crippen LogP contribution in [0.25, 0.3) is 0 Å². The topological polar surface area (TPSA) is 80.7 Å². The van der Waals surface area contributed by atoms with Gasteiger partial charge in [-0.1, -0.05) is 32.4 Å². The van der Waals surface area contributed by atoms with Gasteiger partial charge in [0.1, 0.15) is 5.67 Å². The van der Waals surface area contributed by atoms with Gasteiger partial charge < -0.3 is 9.84 Å². The van der Waals surface area contributed by atoms with Gasteiger partial charge in [0.05, 0.1) is 18.9 Å². The molecule has 182 valence electrons. The minimum atomic E-state index is -1.57. The Morgan fingerprint density at radius 2 is 1.91 bits per heavy atom. The molecular formula is C26H34ClFO5. The van der Waals surface area contributed by atoms with E-state index in [2.05, 4.69) is 0 Å². The van der Waals surface area contributed by atoms with Gasteiger partial charge in [0, 0.05) is 16.7 Å². The Morgan fingerprint density at radius 3 is 2.55 bits per heavy atom. The number of hydrogen-bond acceptors (Lipinski definition) is 5. The second-order valence-electron chi connectivity index (χ2n) is 11.0. The molecular weight excluding hydrogens is 447 g/mol. The van der Waals surface area contributed by atoms with E-state index in [1.165, 1.54) is 6.08 Å². The number of Topliss-reactive ketones (excluding diaryl/α,β-unsaturated/α-hetero) is 1. The number of rotatable bonds is 5. The lowest BCUT2D eigenvalue weighted by Gasteiger charge is -2.62. The highest BCUT2D eigenvalue weighted by Crippen LogP contribution is 2.72. The van der Waals surface area contributed by atoms with Crippen LogP contribution in [0.5, 0.6) is 0 Å². The van der Waals surface area contributed by atoms with Crippen molar-refractivity contribution < 1.29 is 28.6 Å². The molecule has 0 unspecified atom stereocenters. The molecule has 8 atom stereocenters. The Hall–Kier alpha value is -1.53. The van der Waals surface area contributed by atoms with E-state index in [1.54, 1.807) is 12.2 Å². The molecule has 0 aromatic heterocycles. The summed E-state index contributed by atoms with van der Waals surface area (Å²) in [6, 6.07) is 0. The average Bonchev–Trinajstić information content (AvgIpc) is 2.98. The monoisotopic (exact) mass is 480 g/mol. The summed E-state index contributed by atoms with van der Waals surface area (Å²) in [4.78, 5) is 38.0. The summed E-state index contributed by atoms with van der Waals surface area (Å²) in [5, 5.41) is 9.23. The predicted octanol–water partition coefficient (Wildman–Crippen LogP) is 4.35. The van der Waals surface area contributed by atoms with Crippen LogP contribution >= 0.6 is 11.6 Å². The molecule has 0 spiro atoms. The third-order valence-electron chi connectivity index (χ3n) is 9.66. The van der Waals surface area contributed by atoms with E-state index in [0.29, 0.717) is 19.3 Å². The van der Waals surface area contributed by atoms with Crippen molar-refractivity contribution in [2.75, 3.05) is 12.5 Å². The number of aliphatic hydroxyl groups is 1. The van der Waals surface area contributed by atoms with E-state index in [9.17, 15) is 19.5 Å². The van der Waals surface area contributed by atoms with Crippen LogP contribution in [0, 0.1) is 34.5 Å². The summed E-state index contributed by atoms with van der Waals surface area (Å²) in [7, 11) is 0. The second kappa shape index (κ2) is 8.01. The third kappa shape index (κ3) is 3.09. The van der Waals surface area contributed by atoms with Gasteiger partial charge in [-0.25, -0.2) is 4.39 Å². The van der Waals surface area contributed by atoms with Gasteiger partial charge in [0.25, 0.3) is 0 Å². The standard InChI is InChI=1S/C26H34ClFO5/c1-15-11-20-19-12-16(2)26(21(31)14-27,33-22(32)6-10-29)24(19,4)8-9-25(20,28)23(3)7-5-17(30)13-18(15)23/h5,7,13,15-16,19-20,29H,6,8-12,14H2,1-4H3/t15-,16-,19-,20-,23-,24-,25+,26-/m0/s1. The molecule has 0 heterocycles. The zero-order valence-electron chi connectivity index (χ0n) is 19.8. The number of ether oxygens (including phenoxy) is 1. The van der Waals surface area contributed by atoms with Crippen molar-refractivity contribution in [1.82, 2.24) is 0 Å². The predicted molar refractivity (Wildman–Crippen MR) is 122 cm³/mol. The molecule has 0 amide bonds. The molecule has 0 saturated heterocycles. The van der Waals surface area contributed by atoms with Gasteiger partial charge in [-0.05, 0) is 62.5 Å². The summed E-state index contributed by atoms with van der Waals surface area (Å²) in [6.07, 6.45) is 6.30. The van der Waals surface area contributed by atoms with E-state index >= 15 is 4.39 Å². The smallest absolute Gasteiger partial charge is 0.309 e. The quantitative estimate of drug-likeness (QED) is 0.467. The zero-order chi connectivity index (χ0) is 24.4. The van der Waals surface area contributed by atoms with Crippen LogP contribution in [-0.4, -0.2) is 46.4 Å². The lowest BCUT2D eigenvalue weighted by atomic mass is 9.44. The average molecular weight is 481 g/mol. The Balaban J connectivity index is 1.81. The number of hydrogen-bond donors (Lipinski definition) is 1. The van der Waals surface area contributed by atoms with Gasteiger partial charge in [-0.15, -0.1) is 11.6 Å². The van der Waals surface area contributed by atoms with Gasteiger partial charge in [0.2, 0.25) is 0 Å². The van der Waals surface area contributed by atoms with Gasteiger partial charge in [-0.3, -0.25) is 14.4 Å². The molecule has 33 heavy (non-hydrogen) atoms. The summed E-state index contributed by atoms with van der Waals surface area (Å²) in [6.45, 7) is 7.40. The fraction of sp³-hybridized carbons (Fsp3) is 0.731. The lowest BCUT2D eigenvalue weighted by Crippen LogP contribution is -2.65. The highest BCUT2D eigenvalue weighted by molar-refractivity contribution is 6.29. The van der Waals surface area contributed by atoms with Crippen LogP contribution in [0.1, 0.15) is 59.8 Å². The van der Waals surface area contributed by atoms with Crippen molar-refractivity contribution in [3.05, 3.63) is 23.8 Å². The maximum absolute atomic E-state index is 17.2. The molecule has 4 aliphatic carbocycles. The Morgan fingerprint density at radius 1 is 1.21 bits per heavy atom. The van der Waals surface area contributed by atoms with Crippen LogP contribution in [-0.2, 0) is 19.1 Å². The zero-order valence-corrected chi connectivity index (χ0v) is 20.6. The minimum absolute atomic E-state index is 0.0195. The van der Waals surface area contributed by atoms with Crippen LogP contribution in [0.15, 0.2) is 23.8 Å². The Bertz CT molecular complexity index is 945. The van der Waals surface area contributed by atoms with Crippen molar-refractivity contribution >= 4 is 29.1 Å². The number of ketones is 2. The van der Waals surface area contributed by atoms with Crippen molar-refractivity contribution in [3.63, 3.8) is 0 Å². The number of halogens is 2. The number of fused-ring (bicyclic) bond motifs is 5. The summed E-state index contributed by atoms with van der Waals surface area (Å²) < 4.78 is 23.2. The van der Waals surface area contributed by atoms with Crippen molar-refractivity contribution in [2.45, 2.75) is 71.1 Å². The van der Waals surface area contributed by atoms with Gasteiger partial charge in [-0.2, -0.15) is 0 Å². The normalized spacial score (nSPS) is 46.2. The summed E-state index contributed by atoms with van der Waals surface area (Å²) in [5.74, 6) is -2.23. The third-order valence-corrected chi connectivity index (χ3v) is 9.90. The Kier molecular flexibility index (Phi) is 5.97. The molecule has 1 N–H and O–H groups in total. The first-order valence-corrected chi connectivity index (χ1v) is 12.5. The molecule has 5 nitrogen and oxygen atoms in total. The van der Waals surface area contributed by atoms with Crippen LogP contribution < -0.4 is 0 Å². The van der Waals surface area contributed by atoms with Crippen LogP contribution in [0.4, 0.5) is 4.39 Å². The van der Waals surface area contributed by atoms with Gasteiger partial charge >= 0.3 is 5.97 Å². The lowest BCUT2D eigenvalue weighted by molar-refractivity contribution is -0.203. The fourth-order valence-electron chi connectivity index (χ4n) is 8.09.